The summed E-state index contributed by atoms with van der Waals surface area (Å²) < 4.78 is 3.33. The van der Waals surface area contributed by atoms with Crippen LogP contribution in [0.25, 0.3) is 31.6 Å². The maximum absolute atomic E-state index is 11.5. The highest BCUT2D eigenvalue weighted by atomic mass is 32.1. The number of aliphatic hydroxyl groups excluding tert-OH is 1. The van der Waals surface area contributed by atoms with Crippen LogP contribution in [0, 0.1) is 12.8 Å². The second-order valence-corrected chi connectivity index (χ2v) is 8.72. The Morgan fingerprint density at radius 3 is 2.71 bits per heavy atom. The van der Waals surface area contributed by atoms with Gasteiger partial charge in [0.1, 0.15) is 0 Å². The smallest absolute Gasteiger partial charge is 0.335 e. The van der Waals surface area contributed by atoms with Gasteiger partial charge in [-0.25, -0.2) is 4.79 Å². The predicted octanol–water partition coefficient (Wildman–Crippen LogP) is 5.43. The van der Waals surface area contributed by atoms with Crippen molar-refractivity contribution >= 4 is 38.3 Å². The minimum absolute atomic E-state index is 0.167. The van der Waals surface area contributed by atoms with Crippen LogP contribution in [-0.2, 0) is 13.2 Å². The van der Waals surface area contributed by atoms with E-state index in [1.807, 2.05) is 0 Å². The lowest BCUT2D eigenvalue weighted by atomic mass is 10.0. The van der Waals surface area contributed by atoms with Gasteiger partial charge in [0.2, 0.25) is 0 Å². The summed E-state index contributed by atoms with van der Waals surface area (Å²) in [5.74, 6) is -0.220. The first-order valence-corrected chi connectivity index (χ1v) is 10.4. The molecule has 28 heavy (non-hydrogen) atoms. The van der Waals surface area contributed by atoms with Crippen LogP contribution in [0.3, 0.4) is 0 Å². The van der Waals surface area contributed by atoms with Gasteiger partial charge in [0.25, 0.3) is 0 Å². The van der Waals surface area contributed by atoms with Crippen LogP contribution in [0.1, 0.15) is 34.3 Å². The van der Waals surface area contributed by atoms with Gasteiger partial charge in [0, 0.05) is 27.5 Å². The number of aromatic carboxylic acids is 1. The van der Waals surface area contributed by atoms with E-state index >= 15 is 0 Å². The summed E-state index contributed by atoms with van der Waals surface area (Å²) in [5, 5.41) is 21.5. The molecule has 0 spiro atoms. The summed E-state index contributed by atoms with van der Waals surface area (Å²) >= 11 is 1.62. The molecule has 0 atom stereocenters. The third kappa shape index (κ3) is 2.74. The quantitative estimate of drug-likeness (QED) is 0.477. The normalized spacial score (nSPS) is 14.2. The number of rotatable bonds is 5. The first kappa shape index (κ1) is 17.5. The summed E-state index contributed by atoms with van der Waals surface area (Å²) in [6, 6.07) is 14.0. The van der Waals surface area contributed by atoms with Crippen molar-refractivity contribution in [2.45, 2.75) is 32.9 Å². The number of carboxylic acid groups (broad SMARTS) is 1. The Kier molecular flexibility index (Phi) is 4.03. The summed E-state index contributed by atoms with van der Waals surface area (Å²) in [7, 11) is 0. The minimum atomic E-state index is -0.966. The lowest BCUT2D eigenvalue weighted by Gasteiger charge is -2.10. The Morgan fingerprint density at radius 1 is 1.21 bits per heavy atom. The van der Waals surface area contributed by atoms with E-state index < -0.39 is 5.97 Å². The molecule has 1 aliphatic rings. The Hall–Kier alpha value is -2.63. The Labute approximate surface area is 166 Å². The lowest BCUT2D eigenvalue weighted by Crippen LogP contribution is -2.01. The number of aryl methyl sites for hydroxylation is 1. The molecule has 1 fully saturated rings. The molecule has 0 amide bonds. The average molecular weight is 391 g/mol. The largest absolute Gasteiger partial charge is 0.478 e. The van der Waals surface area contributed by atoms with Crippen molar-refractivity contribution in [3.05, 3.63) is 59.2 Å². The van der Waals surface area contributed by atoms with Gasteiger partial charge in [-0.3, -0.25) is 0 Å². The molecule has 5 rings (SSSR count). The van der Waals surface area contributed by atoms with Crippen molar-refractivity contribution in [3.8, 4) is 10.6 Å². The summed E-state index contributed by atoms with van der Waals surface area (Å²) in [4.78, 5) is 12.6. The highest BCUT2D eigenvalue weighted by molar-refractivity contribution is 7.22. The highest BCUT2D eigenvalue weighted by Gasteiger charge is 2.25. The molecule has 1 saturated carbocycles. The highest BCUT2D eigenvalue weighted by Crippen LogP contribution is 2.43. The molecule has 2 aromatic carbocycles. The molecule has 2 N–H and O–H groups in total. The molecule has 2 aromatic heterocycles. The number of fused-ring (bicyclic) bond motifs is 2. The predicted molar refractivity (Wildman–Crippen MR) is 113 cm³/mol. The van der Waals surface area contributed by atoms with Crippen LogP contribution in [0.5, 0.6) is 0 Å². The number of carboxylic acids is 1. The van der Waals surface area contributed by atoms with Gasteiger partial charge in [-0.2, -0.15) is 0 Å². The molecule has 0 saturated heterocycles. The maximum Gasteiger partial charge on any atom is 0.335 e. The van der Waals surface area contributed by atoms with E-state index in [-0.39, 0.29) is 12.2 Å². The summed E-state index contributed by atoms with van der Waals surface area (Å²) in [5.41, 5.74) is 4.45. The SMILES string of the molecule is Cc1c(-c2cc3ccccc3n2CC2CC2)sc2cc(C(=O)O)cc(CO)c12. The van der Waals surface area contributed by atoms with Crippen LogP contribution in [0.4, 0.5) is 0 Å². The molecule has 1 aliphatic carbocycles. The number of hydrogen-bond acceptors (Lipinski definition) is 3. The molecular weight excluding hydrogens is 370 g/mol. The van der Waals surface area contributed by atoms with Crippen LogP contribution in [0.15, 0.2) is 42.5 Å². The fourth-order valence-electron chi connectivity index (χ4n) is 4.13. The zero-order valence-electron chi connectivity index (χ0n) is 15.6. The van der Waals surface area contributed by atoms with Gasteiger partial charge in [-0.05, 0) is 61.1 Å². The first-order chi connectivity index (χ1) is 13.6. The number of thiophene rings is 1. The number of aliphatic hydroxyl groups is 1. The van der Waals surface area contributed by atoms with E-state index in [0.717, 1.165) is 33.0 Å². The lowest BCUT2D eigenvalue weighted by molar-refractivity contribution is 0.0697. The molecule has 0 aliphatic heterocycles. The molecule has 2 heterocycles. The van der Waals surface area contributed by atoms with Crippen LogP contribution >= 0.6 is 11.3 Å². The van der Waals surface area contributed by atoms with Gasteiger partial charge in [0.15, 0.2) is 0 Å². The fourth-order valence-corrected chi connectivity index (χ4v) is 5.45. The van der Waals surface area contributed by atoms with E-state index in [1.54, 1.807) is 23.5 Å². The Bertz CT molecular complexity index is 1230. The number of para-hydroxylation sites is 1. The zero-order valence-corrected chi connectivity index (χ0v) is 16.4. The average Bonchev–Trinajstić information content (AvgIpc) is 3.36. The van der Waals surface area contributed by atoms with Crippen LogP contribution in [0.2, 0.25) is 0 Å². The molecule has 0 bridgehead atoms. The Balaban J connectivity index is 1.77. The third-order valence-corrected chi connectivity index (χ3v) is 6.97. The monoisotopic (exact) mass is 391 g/mol. The van der Waals surface area contributed by atoms with Gasteiger partial charge in [-0.15, -0.1) is 11.3 Å². The standard InChI is InChI=1S/C23H21NO3S/c1-13-21-17(12-25)8-16(23(26)27)10-20(21)28-22(13)19-9-15-4-2-3-5-18(15)24(19)11-14-6-7-14/h2-5,8-10,14,25H,6-7,11-12H2,1H3,(H,26,27). The van der Waals surface area contributed by atoms with E-state index in [1.165, 1.54) is 29.4 Å². The minimum Gasteiger partial charge on any atom is -0.478 e. The van der Waals surface area contributed by atoms with E-state index in [0.29, 0.717) is 5.56 Å². The van der Waals surface area contributed by atoms with E-state index in [9.17, 15) is 15.0 Å². The van der Waals surface area contributed by atoms with E-state index in [2.05, 4.69) is 41.8 Å². The fraction of sp³-hybridized carbons (Fsp3) is 0.261. The van der Waals surface area contributed by atoms with Crippen LogP contribution in [-0.4, -0.2) is 20.7 Å². The topological polar surface area (TPSA) is 62.5 Å². The third-order valence-electron chi connectivity index (χ3n) is 5.71. The van der Waals surface area contributed by atoms with Crippen molar-refractivity contribution in [1.29, 1.82) is 0 Å². The van der Waals surface area contributed by atoms with Gasteiger partial charge < -0.3 is 14.8 Å². The van der Waals surface area contributed by atoms with E-state index in [4.69, 9.17) is 0 Å². The number of aromatic nitrogens is 1. The summed E-state index contributed by atoms with van der Waals surface area (Å²) in [6.07, 6.45) is 2.57. The van der Waals surface area contributed by atoms with Crippen molar-refractivity contribution in [2.75, 3.05) is 0 Å². The second kappa shape index (κ2) is 6.47. The maximum atomic E-state index is 11.5. The second-order valence-electron chi connectivity index (χ2n) is 7.67. The molecule has 5 heteroatoms. The number of hydrogen-bond donors (Lipinski definition) is 2. The van der Waals surface area contributed by atoms with Crippen molar-refractivity contribution in [3.63, 3.8) is 0 Å². The Morgan fingerprint density at radius 2 is 2.00 bits per heavy atom. The van der Waals surface area contributed by atoms with Crippen molar-refractivity contribution in [1.82, 2.24) is 4.57 Å². The summed E-state index contributed by atoms with van der Waals surface area (Å²) in [6.45, 7) is 2.93. The zero-order chi connectivity index (χ0) is 19.4. The first-order valence-electron chi connectivity index (χ1n) is 9.55. The molecule has 0 unspecified atom stereocenters. The van der Waals surface area contributed by atoms with Crippen molar-refractivity contribution < 1.29 is 15.0 Å². The van der Waals surface area contributed by atoms with Gasteiger partial charge in [-0.1, -0.05) is 18.2 Å². The number of benzene rings is 2. The van der Waals surface area contributed by atoms with Crippen molar-refractivity contribution in [2.24, 2.45) is 5.92 Å². The van der Waals surface area contributed by atoms with Crippen LogP contribution < -0.4 is 0 Å². The van der Waals surface area contributed by atoms with Gasteiger partial charge >= 0.3 is 5.97 Å². The molecule has 4 nitrogen and oxygen atoms in total. The molecule has 142 valence electrons. The van der Waals surface area contributed by atoms with Gasteiger partial charge in [0.05, 0.1) is 22.7 Å². The number of carbonyl (C=O) groups is 1. The molecule has 0 radical (unpaired) electrons. The molecular formula is C23H21NO3S. The number of nitrogens with zero attached hydrogens (tertiary/aromatic N) is 1. The molecule has 4 aromatic rings.